The average Bonchev–Trinajstić information content (AvgIpc) is 2.79. The highest BCUT2D eigenvalue weighted by Gasteiger charge is 2.20. The second-order valence-electron chi connectivity index (χ2n) is 5.61. The zero-order valence-electron chi connectivity index (χ0n) is 11.6. The lowest BCUT2D eigenvalue weighted by Gasteiger charge is -2.23. The number of fused-ring (bicyclic) bond motifs is 1. The van der Waals surface area contributed by atoms with Gasteiger partial charge < -0.3 is 14.8 Å². The predicted molar refractivity (Wildman–Crippen MR) is 81.7 cm³/mol. The molecule has 1 amide bonds. The lowest BCUT2D eigenvalue weighted by molar-refractivity contribution is 0.0902. The molecule has 0 spiro atoms. The molecule has 0 saturated carbocycles. The van der Waals surface area contributed by atoms with Crippen LogP contribution in [0.1, 0.15) is 30.8 Å². The molecule has 108 valence electrons. The Balaban J connectivity index is 2.08. The monoisotopic (exact) mass is 339 g/mol. The summed E-state index contributed by atoms with van der Waals surface area (Å²) in [6.45, 7) is 4.60. The molecule has 0 bridgehead atoms. The summed E-state index contributed by atoms with van der Waals surface area (Å²) in [5.41, 5.74) is 0.549. The van der Waals surface area contributed by atoms with Crippen LogP contribution in [0.5, 0.6) is 0 Å². The van der Waals surface area contributed by atoms with Gasteiger partial charge in [0.1, 0.15) is 5.58 Å². The SMILES string of the molecule is CC(C)(CCO)CNC(=O)c1cc2cc(Br)ccc2o1. The Hall–Kier alpha value is -1.33. The summed E-state index contributed by atoms with van der Waals surface area (Å²) >= 11 is 3.39. The number of furan rings is 1. The molecule has 5 heteroatoms. The minimum atomic E-state index is -0.233. The Labute approximate surface area is 126 Å². The van der Waals surface area contributed by atoms with Crippen molar-refractivity contribution < 1.29 is 14.3 Å². The van der Waals surface area contributed by atoms with Crippen LogP contribution in [-0.4, -0.2) is 24.2 Å². The Morgan fingerprint density at radius 2 is 2.15 bits per heavy atom. The summed E-state index contributed by atoms with van der Waals surface area (Å²) in [5.74, 6) is 0.0706. The van der Waals surface area contributed by atoms with Gasteiger partial charge in [-0.05, 0) is 36.1 Å². The quantitative estimate of drug-likeness (QED) is 0.878. The molecular formula is C15H18BrNO3. The van der Waals surface area contributed by atoms with Gasteiger partial charge in [0.2, 0.25) is 0 Å². The minimum Gasteiger partial charge on any atom is -0.451 e. The number of benzene rings is 1. The van der Waals surface area contributed by atoms with E-state index in [-0.39, 0.29) is 17.9 Å². The van der Waals surface area contributed by atoms with Crippen LogP contribution < -0.4 is 5.32 Å². The molecule has 0 saturated heterocycles. The van der Waals surface area contributed by atoms with Gasteiger partial charge in [0.05, 0.1) is 0 Å². The molecule has 0 aliphatic carbocycles. The molecule has 0 aliphatic heterocycles. The fourth-order valence-corrected chi connectivity index (χ4v) is 2.30. The van der Waals surface area contributed by atoms with E-state index in [9.17, 15) is 4.79 Å². The minimum absolute atomic E-state index is 0.113. The van der Waals surface area contributed by atoms with Crippen molar-refractivity contribution in [2.24, 2.45) is 5.41 Å². The number of aliphatic hydroxyl groups excluding tert-OH is 1. The van der Waals surface area contributed by atoms with E-state index in [1.54, 1.807) is 6.07 Å². The van der Waals surface area contributed by atoms with Crippen molar-refractivity contribution in [3.05, 3.63) is 34.5 Å². The number of amides is 1. The number of carbonyl (C=O) groups excluding carboxylic acids is 1. The normalized spacial score (nSPS) is 11.8. The number of carbonyl (C=O) groups is 1. The first kappa shape index (κ1) is 15.1. The molecule has 2 N–H and O–H groups in total. The van der Waals surface area contributed by atoms with Gasteiger partial charge >= 0.3 is 0 Å². The van der Waals surface area contributed by atoms with Gasteiger partial charge in [0, 0.05) is 23.0 Å². The molecule has 1 aromatic heterocycles. The average molecular weight is 340 g/mol. The van der Waals surface area contributed by atoms with Crippen LogP contribution in [0, 0.1) is 5.41 Å². The molecule has 0 aliphatic rings. The Morgan fingerprint density at radius 3 is 2.85 bits per heavy atom. The largest absolute Gasteiger partial charge is 0.451 e. The first-order valence-corrected chi connectivity index (χ1v) is 7.29. The standard InChI is InChI=1S/C15H18BrNO3/c1-15(2,5-6-18)9-17-14(19)13-8-10-7-11(16)3-4-12(10)20-13/h3-4,7-8,18H,5-6,9H2,1-2H3,(H,17,19). The molecule has 20 heavy (non-hydrogen) atoms. The van der Waals surface area contributed by atoms with Gasteiger partial charge in [-0.25, -0.2) is 0 Å². The molecule has 1 aromatic carbocycles. The summed E-state index contributed by atoms with van der Waals surface area (Å²) in [6.07, 6.45) is 0.639. The summed E-state index contributed by atoms with van der Waals surface area (Å²) in [4.78, 5) is 12.1. The third kappa shape index (κ3) is 3.61. The van der Waals surface area contributed by atoms with Crippen molar-refractivity contribution in [3.63, 3.8) is 0 Å². The van der Waals surface area contributed by atoms with Crippen LogP contribution >= 0.6 is 15.9 Å². The number of halogens is 1. The number of hydrogen-bond donors (Lipinski definition) is 2. The van der Waals surface area contributed by atoms with Gasteiger partial charge in [-0.2, -0.15) is 0 Å². The van der Waals surface area contributed by atoms with E-state index in [0.717, 1.165) is 9.86 Å². The molecular weight excluding hydrogens is 322 g/mol. The van der Waals surface area contributed by atoms with Crippen LogP contribution in [0.2, 0.25) is 0 Å². The van der Waals surface area contributed by atoms with E-state index in [0.29, 0.717) is 24.3 Å². The van der Waals surface area contributed by atoms with Gasteiger partial charge in [-0.1, -0.05) is 29.8 Å². The summed E-state index contributed by atoms with van der Waals surface area (Å²) < 4.78 is 6.47. The lowest BCUT2D eigenvalue weighted by Crippen LogP contribution is -2.34. The van der Waals surface area contributed by atoms with Gasteiger partial charge in [0.25, 0.3) is 5.91 Å². The topological polar surface area (TPSA) is 62.5 Å². The summed E-state index contributed by atoms with van der Waals surface area (Å²) in [6, 6.07) is 7.34. The van der Waals surface area contributed by atoms with E-state index in [4.69, 9.17) is 9.52 Å². The highest BCUT2D eigenvalue weighted by molar-refractivity contribution is 9.10. The van der Waals surface area contributed by atoms with Crippen molar-refractivity contribution >= 4 is 32.8 Å². The van der Waals surface area contributed by atoms with Crippen molar-refractivity contribution in [2.75, 3.05) is 13.2 Å². The fourth-order valence-electron chi connectivity index (χ4n) is 1.92. The molecule has 0 fully saturated rings. The highest BCUT2D eigenvalue weighted by atomic mass is 79.9. The Bertz CT molecular complexity index is 619. The number of aliphatic hydroxyl groups is 1. The summed E-state index contributed by atoms with van der Waals surface area (Å²) in [5, 5.41) is 12.7. The van der Waals surface area contributed by atoms with Crippen LogP contribution in [0.15, 0.2) is 33.2 Å². The third-order valence-electron chi connectivity index (χ3n) is 3.22. The molecule has 0 radical (unpaired) electrons. The second kappa shape index (κ2) is 5.97. The molecule has 4 nitrogen and oxygen atoms in total. The molecule has 2 rings (SSSR count). The Kier molecular flexibility index (Phi) is 4.50. The predicted octanol–water partition coefficient (Wildman–Crippen LogP) is 3.33. The lowest BCUT2D eigenvalue weighted by atomic mass is 9.90. The number of nitrogens with one attached hydrogen (secondary N) is 1. The van der Waals surface area contributed by atoms with Crippen LogP contribution in [-0.2, 0) is 0 Å². The summed E-state index contributed by atoms with van der Waals surface area (Å²) in [7, 11) is 0. The molecule has 0 atom stereocenters. The van der Waals surface area contributed by atoms with E-state index in [1.165, 1.54) is 0 Å². The van der Waals surface area contributed by atoms with Gasteiger partial charge in [-0.3, -0.25) is 4.79 Å². The van der Waals surface area contributed by atoms with Crippen LogP contribution in [0.3, 0.4) is 0 Å². The Morgan fingerprint density at radius 1 is 1.40 bits per heavy atom. The van der Waals surface area contributed by atoms with E-state index in [2.05, 4.69) is 21.2 Å². The van der Waals surface area contributed by atoms with Crippen molar-refractivity contribution in [1.29, 1.82) is 0 Å². The zero-order chi connectivity index (χ0) is 14.8. The van der Waals surface area contributed by atoms with E-state index < -0.39 is 0 Å². The van der Waals surface area contributed by atoms with Crippen LogP contribution in [0.25, 0.3) is 11.0 Å². The number of rotatable bonds is 5. The van der Waals surface area contributed by atoms with Crippen molar-refractivity contribution in [2.45, 2.75) is 20.3 Å². The maximum Gasteiger partial charge on any atom is 0.287 e. The van der Waals surface area contributed by atoms with Crippen LogP contribution in [0.4, 0.5) is 0 Å². The van der Waals surface area contributed by atoms with Gasteiger partial charge in [-0.15, -0.1) is 0 Å². The highest BCUT2D eigenvalue weighted by Crippen LogP contribution is 2.24. The van der Waals surface area contributed by atoms with E-state index >= 15 is 0 Å². The van der Waals surface area contributed by atoms with Crippen molar-refractivity contribution in [1.82, 2.24) is 5.32 Å². The zero-order valence-corrected chi connectivity index (χ0v) is 13.2. The number of hydrogen-bond acceptors (Lipinski definition) is 3. The van der Waals surface area contributed by atoms with E-state index in [1.807, 2.05) is 32.0 Å². The maximum atomic E-state index is 12.1. The first-order valence-electron chi connectivity index (χ1n) is 6.49. The first-order chi connectivity index (χ1) is 9.41. The van der Waals surface area contributed by atoms with Crippen molar-refractivity contribution in [3.8, 4) is 0 Å². The molecule has 2 aromatic rings. The smallest absolute Gasteiger partial charge is 0.287 e. The second-order valence-corrected chi connectivity index (χ2v) is 6.53. The molecule has 0 unspecified atom stereocenters. The fraction of sp³-hybridized carbons (Fsp3) is 0.400. The molecule has 1 heterocycles. The van der Waals surface area contributed by atoms with Gasteiger partial charge in [0.15, 0.2) is 5.76 Å². The third-order valence-corrected chi connectivity index (χ3v) is 3.71. The maximum absolute atomic E-state index is 12.1.